The molecule has 0 aliphatic carbocycles. The third kappa shape index (κ3) is 2.16. The normalized spacial score (nSPS) is 25.5. The van der Waals surface area contributed by atoms with E-state index in [9.17, 15) is 14.7 Å². The Balaban J connectivity index is 1.85. The summed E-state index contributed by atoms with van der Waals surface area (Å²) in [6.07, 6.45) is 8.32. The average molecular weight is 278 g/mol. The van der Waals surface area contributed by atoms with E-state index >= 15 is 0 Å². The number of hydrogen-bond donors (Lipinski definition) is 1. The van der Waals surface area contributed by atoms with E-state index < -0.39 is 5.97 Å². The molecule has 19 heavy (non-hydrogen) atoms. The number of fused-ring (bicyclic) bond motifs is 1. The lowest BCUT2D eigenvalue weighted by molar-refractivity contribution is -0.146. The number of aliphatic carboxylic acids is 1. The number of β-lactam (4-membered cyclic amide) rings is 1. The minimum absolute atomic E-state index is 0.0270. The first kappa shape index (κ1) is 12.3. The lowest BCUT2D eigenvalue weighted by atomic mass is 10.1. The molecule has 3 aliphatic heterocycles. The van der Waals surface area contributed by atoms with Crippen LogP contribution in [-0.2, 0) is 9.59 Å². The second-order valence-electron chi connectivity index (χ2n) is 4.69. The van der Waals surface area contributed by atoms with Crippen molar-refractivity contribution in [2.24, 2.45) is 0 Å². The number of allylic oxidation sites excluding steroid dienone is 2. The highest BCUT2D eigenvalue weighted by atomic mass is 32.2. The molecule has 1 atom stereocenters. The highest BCUT2D eigenvalue weighted by molar-refractivity contribution is 8.00. The molecule has 3 heterocycles. The zero-order valence-corrected chi connectivity index (χ0v) is 11.1. The minimum atomic E-state index is -0.995. The van der Waals surface area contributed by atoms with Gasteiger partial charge in [-0.15, -0.1) is 11.8 Å². The molecule has 0 bridgehead atoms. The van der Waals surface area contributed by atoms with E-state index in [4.69, 9.17) is 0 Å². The number of rotatable bonds is 3. The Kier molecular flexibility index (Phi) is 3.10. The molecule has 1 saturated heterocycles. The summed E-state index contributed by atoms with van der Waals surface area (Å²) in [6.45, 7) is 1.33. The van der Waals surface area contributed by atoms with Crippen molar-refractivity contribution in [2.75, 3.05) is 18.8 Å². The van der Waals surface area contributed by atoms with Gasteiger partial charge < -0.3 is 10.0 Å². The molecule has 3 rings (SSSR count). The number of nitrogens with zero attached hydrogens (tertiary/aromatic N) is 2. The first-order valence-electron chi connectivity index (χ1n) is 6.13. The zero-order chi connectivity index (χ0) is 13.4. The fourth-order valence-corrected chi connectivity index (χ4v) is 3.72. The van der Waals surface area contributed by atoms with E-state index in [2.05, 4.69) is 0 Å². The fraction of sp³-hybridized carbons (Fsp3) is 0.385. The van der Waals surface area contributed by atoms with Crippen molar-refractivity contribution in [1.29, 1.82) is 0 Å². The van der Waals surface area contributed by atoms with Crippen LogP contribution in [0.3, 0.4) is 0 Å². The van der Waals surface area contributed by atoms with E-state index in [0.717, 1.165) is 12.1 Å². The van der Waals surface area contributed by atoms with Gasteiger partial charge in [0, 0.05) is 18.8 Å². The van der Waals surface area contributed by atoms with Crippen LogP contribution in [0.15, 0.2) is 35.7 Å². The highest BCUT2D eigenvalue weighted by Gasteiger charge is 2.45. The Morgan fingerprint density at radius 3 is 2.95 bits per heavy atom. The van der Waals surface area contributed by atoms with Gasteiger partial charge in [0.2, 0.25) is 5.91 Å². The van der Waals surface area contributed by atoms with Crippen LogP contribution in [0.25, 0.3) is 0 Å². The SMILES string of the molecule is O=C(O)C1=C(CN2C=CC=CC2)CS[C@@H]2CC(=O)N12. The quantitative estimate of drug-likeness (QED) is 0.781. The van der Waals surface area contributed by atoms with Crippen LogP contribution in [0.5, 0.6) is 0 Å². The molecular weight excluding hydrogens is 264 g/mol. The Hall–Kier alpha value is -1.69. The Labute approximate surface area is 115 Å². The standard InChI is InChI=1S/C13H14N2O3S/c16-10-6-11-15(10)12(13(17)18)9(8-19-11)7-14-4-2-1-3-5-14/h1-4,11H,5-8H2,(H,17,18)/t11-/m1/s1. The van der Waals surface area contributed by atoms with Gasteiger partial charge >= 0.3 is 5.97 Å². The molecule has 100 valence electrons. The average Bonchev–Trinajstić information content (AvgIpc) is 2.39. The molecular formula is C13H14N2O3S. The van der Waals surface area contributed by atoms with Crippen LogP contribution in [0.1, 0.15) is 6.42 Å². The van der Waals surface area contributed by atoms with E-state index in [0.29, 0.717) is 18.7 Å². The van der Waals surface area contributed by atoms with Gasteiger partial charge in [0.05, 0.1) is 11.8 Å². The molecule has 0 aromatic rings. The van der Waals surface area contributed by atoms with E-state index in [1.165, 1.54) is 4.90 Å². The van der Waals surface area contributed by atoms with Gasteiger partial charge in [-0.05, 0) is 17.8 Å². The minimum Gasteiger partial charge on any atom is -0.477 e. The van der Waals surface area contributed by atoms with E-state index in [-0.39, 0.29) is 17.0 Å². The predicted molar refractivity (Wildman–Crippen MR) is 72.2 cm³/mol. The molecule has 3 aliphatic rings. The van der Waals surface area contributed by atoms with Crippen molar-refractivity contribution in [3.05, 3.63) is 35.7 Å². The Morgan fingerprint density at radius 1 is 1.47 bits per heavy atom. The molecule has 0 aromatic carbocycles. The van der Waals surface area contributed by atoms with E-state index in [1.807, 2.05) is 29.3 Å². The maximum atomic E-state index is 11.6. The Bertz CT molecular complexity index is 524. The molecule has 0 aromatic heterocycles. The molecule has 1 fully saturated rings. The molecule has 0 saturated carbocycles. The van der Waals surface area contributed by atoms with Crippen molar-refractivity contribution >= 4 is 23.6 Å². The molecule has 1 amide bonds. The van der Waals surface area contributed by atoms with Gasteiger partial charge in [-0.3, -0.25) is 9.69 Å². The van der Waals surface area contributed by atoms with Crippen LogP contribution in [0, 0.1) is 0 Å². The van der Waals surface area contributed by atoms with Gasteiger partial charge in [-0.1, -0.05) is 12.2 Å². The molecule has 1 N–H and O–H groups in total. The molecule has 6 heteroatoms. The van der Waals surface area contributed by atoms with E-state index in [1.54, 1.807) is 11.8 Å². The molecule has 5 nitrogen and oxygen atoms in total. The number of carbonyl (C=O) groups is 2. The predicted octanol–water partition coefficient (Wildman–Crippen LogP) is 1.02. The van der Waals surface area contributed by atoms with Crippen molar-refractivity contribution in [2.45, 2.75) is 11.8 Å². The highest BCUT2D eigenvalue weighted by Crippen LogP contribution is 2.40. The molecule has 0 spiro atoms. The first-order valence-corrected chi connectivity index (χ1v) is 7.18. The summed E-state index contributed by atoms with van der Waals surface area (Å²) in [5.74, 6) is -0.393. The summed E-state index contributed by atoms with van der Waals surface area (Å²) >= 11 is 1.65. The van der Waals surface area contributed by atoms with Gasteiger partial charge in [-0.2, -0.15) is 0 Å². The van der Waals surface area contributed by atoms with Gasteiger partial charge in [-0.25, -0.2) is 4.79 Å². The van der Waals surface area contributed by atoms with Gasteiger partial charge in [0.1, 0.15) is 5.70 Å². The fourth-order valence-electron chi connectivity index (χ4n) is 2.47. The summed E-state index contributed by atoms with van der Waals surface area (Å²) in [5.41, 5.74) is 1.02. The molecule has 0 unspecified atom stereocenters. The van der Waals surface area contributed by atoms with Crippen molar-refractivity contribution in [3.63, 3.8) is 0 Å². The third-order valence-corrected chi connectivity index (χ3v) is 4.69. The van der Waals surface area contributed by atoms with Crippen LogP contribution < -0.4 is 0 Å². The number of amides is 1. The van der Waals surface area contributed by atoms with Crippen LogP contribution in [0.4, 0.5) is 0 Å². The van der Waals surface area contributed by atoms with Crippen LogP contribution in [0.2, 0.25) is 0 Å². The van der Waals surface area contributed by atoms with Crippen LogP contribution >= 0.6 is 11.8 Å². The second kappa shape index (κ2) is 4.77. The van der Waals surface area contributed by atoms with Crippen molar-refractivity contribution in [1.82, 2.24) is 9.80 Å². The summed E-state index contributed by atoms with van der Waals surface area (Å²) in [7, 11) is 0. The number of carboxylic acid groups (broad SMARTS) is 1. The molecule has 0 radical (unpaired) electrons. The first-order chi connectivity index (χ1) is 9.16. The maximum Gasteiger partial charge on any atom is 0.352 e. The number of hydrogen-bond acceptors (Lipinski definition) is 4. The lowest BCUT2D eigenvalue weighted by Gasteiger charge is -2.44. The van der Waals surface area contributed by atoms with Crippen molar-refractivity contribution in [3.8, 4) is 0 Å². The monoisotopic (exact) mass is 278 g/mol. The number of thioether (sulfide) groups is 1. The van der Waals surface area contributed by atoms with Gasteiger partial charge in [0.25, 0.3) is 0 Å². The largest absolute Gasteiger partial charge is 0.477 e. The zero-order valence-electron chi connectivity index (χ0n) is 10.3. The summed E-state index contributed by atoms with van der Waals surface area (Å²) in [6, 6.07) is 0. The van der Waals surface area contributed by atoms with Crippen LogP contribution in [-0.4, -0.2) is 51.0 Å². The topological polar surface area (TPSA) is 60.9 Å². The summed E-state index contributed by atoms with van der Waals surface area (Å²) in [5, 5.41) is 9.39. The number of carbonyl (C=O) groups excluding carboxylic acids is 1. The summed E-state index contributed by atoms with van der Waals surface area (Å²) in [4.78, 5) is 26.5. The number of carboxylic acids is 1. The summed E-state index contributed by atoms with van der Waals surface area (Å²) < 4.78 is 0. The Morgan fingerprint density at radius 2 is 2.32 bits per heavy atom. The smallest absolute Gasteiger partial charge is 0.352 e. The maximum absolute atomic E-state index is 11.6. The lowest BCUT2D eigenvalue weighted by Crippen LogP contribution is -2.54. The van der Waals surface area contributed by atoms with Gasteiger partial charge in [0.15, 0.2) is 0 Å². The third-order valence-electron chi connectivity index (χ3n) is 3.41. The van der Waals surface area contributed by atoms with Crippen molar-refractivity contribution < 1.29 is 14.7 Å². The second-order valence-corrected chi connectivity index (χ2v) is 5.86.